The third-order valence-electron chi connectivity index (χ3n) is 5.03. The fourth-order valence-corrected chi connectivity index (χ4v) is 3.78. The predicted molar refractivity (Wildman–Crippen MR) is 99.3 cm³/mol. The molecule has 0 aliphatic heterocycles. The normalized spacial score (nSPS) is 21.2. The summed E-state index contributed by atoms with van der Waals surface area (Å²) in [4.78, 5) is 23.8. The predicted octanol–water partition coefficient (Wildman–Crippen LogP) is 4.97. The van der Waals surface area contributed by atoms with Crippen molar-refractivity contribution in [3.8, 4) is 0 Å². The second kappa shape index (κ2) is 6.56. The first kappa shape index (κ1) is 16.2. The Morgan fingerprint density at radius 3 is 2.00 bits per heavy atom. The summed E-state index contributed by atoms with van der Waals surface area (Å²) in [5.74, 6) is -0.0892. The van der Waals surface area contributed by atoms with Crippen molar-refractivity contribution in [2.45, 2.75) is 11.8 Å². The molecule has 1 fully saturated rings. The van der Waals surface area contributed by atoms with Gasteiger partial charge in [0.2, 0.25) is 0 Å². The molecule has 0 amide bonds. The number of nitro groups is 1. The molecule has 1 aliphatic rings. The summed E-state index contributed by atoms with van der Waals surface area (Å²) >= 11 is 0. The van der Waals surface area contributed by atoms with Gasteiger partial charge in [-0.25, -0.2) is 0 Å². The molecule has 3 atom stereocenters. The molecule has 0 spiro atoms. The Balaban J connectivity index is 1.72. The molecule has 4 rings (SSSR count). The third kappa shape index (κ3) is 2.90. The van der Waals surface area contributed by atoms with Crippen molar-refractivity contribution < 1.29 is 9.72 Å². The monoisotopic (exact) mass is 343 g/mol. The van der Waals surface area contributed by atoms with Gasteiger partial charge in [-0.15, -0.1) is 0 Å². The summed E-state index contributed by atoms with van der Waals surface area (Å²) in [6.45, 7) is 0. The van der Waals surface area contributed by atoms with E-state index in [0.717, 1.165) is 11.1 Å². The van der Waals surface area contributed by atoms with Crippen LogP contribution in [-0.4, -0.2) is 10.7 Å². The Morgan fingerprint density at radius 1 is 0.769 bits per heavy atom. The Bertz CT molecular complexity index is 953. The van der Waals surface area contributed by atoms with E-state index in [2.05, 4.69) is 0 Å². The average Bonchev–Trinajstić information content (AvgIpc) is 3.44. The second-order valence-electron chi connectivity index (χ2n) is 6.57. The molecule has 0 N–H and O–H groups in total. The highest BCUT2D eigenvalue weighted by molar-refractivity contribution is 6.01. The molecule has 4 heteroatoms. The van der Waals surface area contributed by atoms with E-state index in [9.17, 15) is 14.9 Å². The third-order valence-corrected chi connectivity index (χ3v) is 5.03. The Labute approximate surface area is 151 Å². The van der Waals surface area contributed by atoms with Gasteiger partial charge in [0, 0.05) is 35.4 Å². The molecular weight excluding hydrogens is 326 g/mol. The minimum absolute atomic E-state index is 0.0370. The van der Waals surface area contributed by atoms with Crippen LogP contribution < -0.4 is 0 Å². The van der Waals surface area contributed by atoms with Crippen LogP contribution in [0.4, 0.5) is 5.69 Å². The molecular formula is C22H17NO3. The molecule has 26 heavy (non-hydrogen) atoms. The van der Waals surface area contributed by atoms with Gasteiger partial charge in [-0.1, -0.05) is 72.8 Å². The fraction of sp³-hybridized carbons (Fsp3) is 0.136. The van der Waals surface area contributed by atoms with E-state index in [0.29, 0.717) is 5.56 Å². The number of non-ortho nitro benzene ring substituents is 1. The van der Waals surface area contributed by atoms with Gasteiger partial charge in [0.25, 0.3) is 5.69 Å². The molecule has 0 heterocycles. The number of nitrogens with zero attached hydrogens (tertiary/aromatic N) is 1. The number of hydrogen-bond donors (Lipinski definition) is 0. The van der Waals surface area contributed by atoms with Crippen LogP contribution in [0.3, 0.4) is 0 Å². The van der Waals surface area contributed by atoms with E-state index in [-0.39, 0.29) is 29.2 Å². The van der Waals surface area contributed by atoms with Gasteiger partial charge in [-0.3, -0.25) is 14.9 Å². The quantitative estimate of drug-likeness (QED) is 0.373. The minimum atomic E-state index is -0.391. The molecule has 3 aromatic carbocycles. The van der Waals surface area contributed by atoms with Gasteiger partial charge >= 0.3 is 0 Å². The number of rotatable bonds is 5. The van der Waals surface area contributed by atoms with Gasteiger partial charge < -0.3 is 0 Å². The summed E-state index contributed by atoms with van der Waals surface area (Å²) in [6, 6.07) is 25.8. The largest absolute Gasteiger partial charge is 0.294 e. The first-order valence-electron chi connectivity index (χ1n) is 8.55. The maximum absolute atomic E-state index is 13.1. The van der Waals surface area contributed by atoms with Gasteiger partial charge in [0.1, 0.15) is 0 Å². The summed E-state index contributed by atoms with van der Waals surface area (Å²) in [5, 5.41) is 11.1. The van der Waals surface area contributed by atoms with Crippen LogP contribution in [0.15, 0.2) is 84.9 Å². The van der Waals surface area contributed by atoms with E-state index in [4.69, 9.17) is 0 Å². The molecule has 0 bridgehead atoms. The first-order valence-corrected chi connectivity index (χ1v) is 8.55. The van der Waals surface area contributed by atoms with Crippen LogP contribution >= 0.6 is 0 Å². The van der Waals surface area contributed by atoms with Crippen molar-refractivity contribution >= 4 is 11.5 Å². The minimum Gasteiger partial charge on any atom is -0.294 e. The highest BCUT2D eigenvalue weighted by Crippen LogP contribution is 2.61. The van der Waals surface area contributed by atoms with E-state index in [1.807, 2.05) is 66.7 Å². The van der Waals surface area contributed by atoms with Gasteiger partial charge in [0.05, 0.1) is 4.92 Å². The molecule has 0 aromatic heterocycles. The molecule has 128 valence electrons. The first-order chi connectivity index (χ1) is 12.7. The van der Waals surface area contributed by atoms with Crippen molar-refractivity contribution in [1.82, 2.24) is 0 Å². The Kier molecular flexibility index (Phi) is 4.09. The number of ketones is 1. The Morgan fingerprint density at radius 2 is 1.35 bits per heavy atom. The van der Waals surface area contributed by atoms with Crippen LogP contribution in [0.25, 0.3) is 0 Å². The van der Waals surface area contributed by atoms with E-state index in [1.54, 1.807) is 12.1 Å². The van der Waals surface area contributed by atoms with Crippen LogP contribution in [0.1, 0.15) is 33.3 Å². The highest BCUT2D eigenvalue weighted by Gasteiger charge is 2.56. The number of carbonyl (C=O) groups is 1. The molecule has 4 nitrogen and oxygen atoms in total. The number of benzene rings is 3. The van der Waals surface area contributed by atoms with Gasteiger partial charge in [0.15, 0.2) is 5.78 Å². The molecule has 3 aromatic rings. The maximum Gasteiger partial charge on any atom is 0.269 e. The zero-order valence-electron chi connectivity index (χ0n) is 14.0. The standard InChI is InChI=1S/C22H17NO3/c24-22(16-10-5-2-6-11-16)21-19(15-8-3-1-4-9-15)20(21)17-12-7-13-18(14-17)23(25)26/h1-14,19-21H/t19-,20-,21-/m0/s1. The van der Waals surface area contributed by atoms with Crippen LogP contribution in [0.2, 0.25) is 0 Å². The molecule has 1 aliphatic carbocycles. The zero-order valence-corrected chi connectivity index (χ0v) is 14.0. The number of nitro benzene ring substituents is 1. The van der Waals surface area contributed by atoms with Crippen LogP contribution in [0.5, 0.6) is 0 Å². The number of Topliss-reactive ketones (excluding diaryl/α,β-unsaturated/α-hetero) is 1. The van der Waals surface area contributed by atoms with Gasteiger partial charge in [-0.05, 0) is 11.1 Å². The summed E-state index contributed by atoms with van der Waals surface area (Å²) < 4.78 is 0. The lowest BCUT2D eigenvalue weighted by molar-refractivity contribution is -0.384. The smallest absolute Gasteiger partial charge is 0.269 e. The number of hydrogen-bond acceptors (Lipinski definition) is 3. The fourth-order valence-electron chi connectivity index (χ4n) is 3.78. The summed E-state index contributed by atoms with van der Waals surface area (Å²) in [5.41, 5.74) is 2.69. The summed E-state index contributed by atoms with van der Waals surface area (Å²) in [6.07, 6.45) is 0. The van der Waals surface area contributed by atoms with E-state index >= 15 is 0 Å². The molecule has 0 saturated heterocycles. The van der Waals surface area contributed by atoms with Crippen LogP contribution in [0, 0.1) is 16.0 Å². The lowest BCUT2D eigenvalue weighted by Crippen LogP contribution is -2.04. The van der Waals surface area contributed by atoms with Crippen molar-refractivity contribution in [3.05, 3.63) is 112 Å². The lowest BCUT2D eigenvalue weighted by Gasteiger charge is -2.01. The zero-order chi connectivity index (χ0) is 18.1. The SMILES string of the molecule is O=C(c1ccccc1)[C@H]1[C@@H](c2ccccc2)[C@@H]1c1cccc([N+](=O)[O-])c1. The average molecular weight is 343 g/mol. The van der Waals surface area contributed by atoms with Crippen molar-refractivity contribution in [2.75, 3.05) is 0 Å². The highest BCUT2D eigenvalue weighted by atomic mass is 16.6. The lowest BCUT2D eigenvalue weighted by atomic mass is 10.0. The molecule has 0 unspecified atom stereocenters. The van der Waals surface area contributed by atoms with E-state index in [1.165, 1.54) is 6.07 Å². The molecule has 1 saturated carbocycles. The summed E-state index contributed by atoms with van der Waals surface area (Å²) in [7, 11) is 0. The van der Waals surface area contributed by atoms with Crippen LogP contribution in [-0.2, 0) is 0 Å². The topological polar surface area (TPSA) is 60.2 Å². The van der Waals surface area contributed by atoms with Gasteiger partial charge in [-0.2, -0.15) is 0 Å². The molecule has 0 radical (unpaired) electrons. The number of carbonyl (C=O) groups excluding carboxylic acids is 1. The van der Waals surface area contributed by atoms with Crippen molar-refractivity contribution in [1.29, 1.82) is 0 Å². The van der Waals surface area contributed by atoms with Crippen molar-refractivity contribution in [3.63, 3.8) is 0 Å². The maximum atomic E-state index is 13.1. The van der Waals surface area contributed by atoms with Crippen molar-refractivity contribution in [2.24, 2.45) is 5.92 Å². The second-order valence-corrected chi connectivity index (χ2v) is 6.57. The Hall–Kier alpha value is -3.27. The van der Waals surface area contributed by atoms with E-state index < -0.39 is 4.92 Å².